The Morgan fingerprint density at radius 1 is 1.07 bits per heavy atom. The van der Waals surface area contributed by atoms with E-state index < -0.39 is 0 Å². The van der Waals surface area contributed by atoms with E-state index in [4.69, 9.17) is 10.6 Å². The molecule has 4 rings (SSSR count). The lowest BCUT2D eigenvalue weighted by Crippen LogP contribution is -2.60. The van der Waals surface area contributed by atoms with Crippen LogP contribution in [0.1, 0.15) is 30.9 Å². The Balaban J connectivity index is 1.63. The van der Waals surface area contributed by atoms with Crippen molar-refractivity contribution in [1.29, 1.82) is 0 Å². The summed E-state index contributed by atoms with van der Waals surface area (Å²) in [5, 5.41) is 2.17. The molecule has 30 heavy (non-hydrogen) atoms. The maximum Gasteiger partial charge on any atom is 0.0640 e. The molecule has 2 aliphatic rings. The lowest BCUT2D eigenvalue weighted by atomic mass is 9.68. The average Bonchev–Trinajstić information content (AvgIpc) is 3.32. The van der Waals surface area contributed by atoms with Gasteiger partial charge in [-0.15, -0.1) is 23.5 Å². The number of nitrogens with zero attached hydrogens (tertiary/aromatic N) is 1. The van der Waals surface area contributed by atoms with E-state index in [0.717, 1.165) is 26.0 Å². The van der Waals surface area contributed by atoms with Gasteiger partial charge in [-0.1, -0.05) is 67.6 Å². The van der Waals surface area contributed by atoms with E-state index in [0.29, 0.717) is 10.5 Å². The Labute approximate surface area is 190 Å². The largest absolute Gasteiger partial charge is 0.384 e. The number of hydrazine groups is 1. The minimum atomic E-state index is -0.164. The predicted octanol–water partition coefficient (Wildman–Crippen LogP) is 5.17. The minimum Gasteiger partial charge on any atom is -0.384 e. The first kappa shape index (κ1) is 22.2. The summed E-state index contributed by atoms with van der Waals surface area (Å²) in [6.45, 7) is 4.13. The Bertz CT molecular complexity index is 799. The number of ether oxygens (including phenoxy) is 1. The molecule has 0 bridgehead atoms. The molecule has 0 radical (unpaired) electrons. The van der Waals surface area contributed by atoms with Gasteiger partial charge in [0.15, 0.2) is 0 Å². The number of hydrogen-bond donors (Lipinski definition) is 1. The standard InChI is InChI=1S/C25H34N2OS2/c1-24(19-28-2,23-29-15-16-30-23)22-13-14-25(27(26)18-22,21-11-7-4-8-12-21)17-20-9-5-3-6-10-20/h3-12,22-23H,13-19,26H2,1-2H3. The van der Waals surface area contributed by atoms with Crippen molar-refractivity contribution >= 4 is 23.5 Å². The van der Waals surface area contributed by atoms with Gasteiger partial charge in [0.1, 0.15) is 0 Å². The van der Waals surface area contributed by atoms with Gasteiger partial charge in [0.05, 0.1) is 16.7 Å². The summed E-state index contributed by atoms with van der Waals surface area (Å²) in [5.74, 6) is 9.97. The molecule has 0 spiro atoms. The molecule has 0 aliphatic carbocycles. The van der Waals surface area contributed by atoms with Crippen molar-refractivity contribution in [2.45, 2.75) is 36.3 Å². The molecule has 2 fully saturated rings. The van der Waals surface area contributed by atoms with E-state index in [2.05, 4.69) is 96.1 Å². The van der Waals surface area contributed by atoms with Crippen molar-refractivity contribution in [3.8, 4) is 0 Å². The third-order valence-corrected chi connectivity index (χ3v) is 10.7. The summed E-state index contributed by atoms with van der Waals surface area (Å²) in [7, 11) is 1.84. The molecule has 2 aromatic rings. The molecular formula is C25H34N2OS2. The molecule has 2 aromatic carbocycles. The SMILES string of the molecule is COCC(C)(C1CCC(Cc2ccccc2)(c2ccccc2)N(N)C1)C1SCCS1. The van der Waals surface area contributed by atoms with Gasteiger partial charge in [-0.3, -0.25) is 5.84 Å². The zero-order chi connectivity index (χ0) is 21.0. The smallest absolute Gasteiger partial charge is 0.0640 e. The Kier molecular flexibility index (Phi) is 7.16. The van der Waals surface area contributed by atoms with Gasteiger partial charge >= 0.3 is 0 Å². The summed E-state index contributed by atoms with van der Waals surface area (Å²) in [5.41, 5.74) is 2.64. The van der Waals surface area contributed by atoms with Crippen molar-refractivity contribution in [1.82, 2.24) is 5.01 Å². The molecule has 0 aromatic heterocycles. The second-order valence-electron chi connectivity index (χ2n) is 8.96. The topological polar surface area (TPSA) is 38.5 Å². The van der Waals surface area contributed by atoms with E-state index in [1.54, 1.807) is 0 Å². The fourth-order valence-electron chi connectivity index (χ4n) is 5.31. The van der Waals surface area contributed by atoms with Gasteiger partial charge in [0.25, 0.3) is 0 Å². The van der Waals surface area contributed by atoms with Gasteiger partial charge < -0.3 is 4.74 Å². The highest BCUT2D eigenvalue weighted by Gasteiger charge is 2.50. The zero-order valence-corrected chi connectivity index (χ0v) is 19.8. The summed E-state index contributed by atoms with van der Waals surface area (Å²) in [6, 6.07) is 21.7. The summed E-state index contributed by atoms with van der Waals surface area (Å²) in [4.78, 5) is 0. The van der Waals surface area contributed by atoms with Crippen molar-refractivity contribution in [3.63, 3.8) is 0 Å². The van der Waals surface area contributed by atoms with Crippen LogP contribution in [0, 0.1) is 11.3 Å². The third kappa shape index (κ3) is 4.33. The molecule has 2 aliphatic heterocycles. The number of nitrogens with two attached hydrogens (primary N) is 1. The highest BCUT2D eigenvalue weighted by Crippen LogP contribution is 2.53. The van der Waals surface area contributed by atoms with Crippen LogP contribution in [0.3, 0.4) is 0 Å². The normalized spacial score (nSPS) is 27.8. The molecule has 2 N–H and O–H groups in total. The Morgan fingerprint density at radius 2 is 1.70 bits per heavy atom. The molecule has 2 heterocycles. The Hall–Kier alpha value is -0.980. The van der Waals surface area contributed by atoms with Gasteiger partial charge in [-0.05, 0) is 36.3 Å². The molecule has 5 heteroatoms. The van der Waals surface area contributed by atoms with Gasteiger partial charge in [0.2, 0.25) is 0 Å². The van der Waals surface area contributed by atoms with E-state index in [9.17, 15) is 0 Å². The van der Waals surface area contributed by atoms with Crippen LogP contribution in [0.25, 0.3) is 0 Å². The highest BCUT2D eigenvalue weighted by atomic mass is 32.2. The number of rotatable bonds is 7. The van der Waals surface area contributed by atoms with Crippen LogP contribution >= 0.6 is 23.5 Å². The fraction of sp³-hybridized carbons (Fsp3) is 0.520. The minimum absolute atomic E-state index is 0.133. The summed E-state index contributed by atoms with van der Waals surface area (Å²) in [6.07, 6.45) is 3.18. The first-order valence-corrected chi connectivity index (χ1v) is 13.0. The number of benzene rings is 2. The molecule has 0 saturated carbocycles. The fourth-order valence-corrected chi connectivity index (χ4v) is 8.75. The van der Waals surface area contributed by atoms with Crippen LogP contribution in [0.2, 0.25) is 0 Å². The predicted molar refractivity (Wildman–Crippen MR) is 131 cm³/mol. The van der Waals surface area contributed by atoms with Crippen LogP contribution < -0.4 is 5.84 Å². The van der Waals surface area contributed by atoms with Crippen molar-refractivity contribution in [2.24, 2.45) is 17.2 Å². The first-order chi connectivity index (χ1) is 14.6. The van der Waals surface area contributed by atoms with E-state index in [-0.39, 0.29) is 11.0 Å². The lowest BCUT2D eigenvalue weighted by Gasteiger charge is -2.52. The molecule has 162 valence electrons. The van der Waals surface area contributed by atoms with Crippen LogP contribution in [-0.2, 0) is 16.7 Å². The number of hydrogen-bond acceptors (Lipinski definition) is 5. The molecule has 0 amide bonds. The monoisotopic (exact) mass is 442 g/mol. The van der Waals surface area contributed by atoms with Crippen molar-refractivity contribution in [2.75, 3.05) is 31.8 Å². The first-order valence-electron chi connectivity index (χ1n) is 10.9. The van der Waals surface area contributed by atoms with Crippen molar-refractivity contribution < 1.29 is 4.74 Å². The van der Waals surface area contributed by atoms with E-state index in [1.807, 2.05) is 7.11 Å². The van der Waals surface area contributed by atoms with Crippen LogP contribution in [0.5, 0.6) is 0 Å². The number of piperidine rings is 1. The van der Waals surface area contributed by atoms with Gasteiger partial charge in [-0.2, -0.15) is 0 Å². The molecule has 3 nitrogen and oxygen atoms in total. The molecule has 3 unspecified atom stereocenters. The molecule has 2 saturated heterocycles. The maximum atomic E-state index is 6.95. The second kappa shape index (κ2) is 9.66. The lowest BCUT2D eigenvalue weighted by molar-refractivity contribution is -0.0424. The maximum absolute atomic E-state index is 6.95. The average molecular weight is 443 g/mol. The second-order valence-corrected chi connectivity index (χ2v) is 11.7. The number of thioether (sulfide) groups is 2. The van der Waals surface area contributed by atoms with Crippen LogP contribution in [-0.4, -0.2) is 41.4 Å². The summed E-state index contributed by atoms with van der Waals surface area (Å²) >= 11 is 4.21. The summed E-state index contributed by atoms with van der Waals surface area (Å²) < 4.78 is 6.35. The quantitative estimate of drug-likeness (QED) is 0.599. The molecular weight excluding hydrogens is 408 g/mol. The highest BCUT2D eigenvalue weighted by molar-refractivity contribution is 8.20. The van der Waals surface area contributed by atoms with E-state index >= 15 is 0 Å². The van der Waals surface area contributed by atoms with Crippen LogP contribution in [0.15, 0.2) is 60.7 Å². The van der Waals surface area contributed by atoms with Gasteiger partial charge in [-0.25, -0.2) is 5.01 Å². The Morgan fingerprint density at radius 3 is 2.30 bits per heavy atom. The number of methoxy groups -OCH3 is 1. The third-order valence-electron chi connectivity index (χ3n) is 7.07. The zero-order valence-electron chi connectivity index (χ0n) is 18.1. The van der Waals surface area contributed by atoms with E-state index in [1.165, 1.54) is 29.1 Å². The van der Waals surface area contributed by atoms with Crippen LogP contribution in [0.4, 0.5) is 0 Å². The molecule has 3 atom stereocenters. The van der Waals surface area contributed by atoms with Gasteiger partial charge in [0, 0.05) is 30.6 Å². The van der Waals surface area contributed by atoms with Crippen molar-refractivity contribution in [3.05, 3.63) is 71.8 Å².